The van der Waals surface area contributed by atoms with Crippen LogP contribution in [0.1, 0.15) is 18.5 Å². The minimum Gasteiger partial charge on any atom is -0.496 e. The van der Waals surface area contributed by atoms with Crippen LogP contribution in [0.25, 0.3) is 32.1 Å². The number of ether oxygens (including phenoxy) is 1. The van der Waals surface area contributed by atoms with Gasteiger partial charge in [0.05, 0.1) is 23.7 Å². The minimum absolute atomic E-state index is 0.176. The average molecular weight is 429 g/mol. The van der Waals surface area contributed by atoms with Crippen molar-refractivity contribution in [3.05, 3.63) is 62.7 Å². The molecular weight excluding hydrogens is 412 g/mol. The normalized spacial score (nSPS) is 12.2. The Morgan fingerprint density at radius 1 is 1.28 bits per heavy atom. The first kappa shape index (κ1) is 19.3. The molecule has 1 unspecified atom stereocenters. The molecule has 2 aromatic heterocycles. The highest BCUT2D eigenvalue weighted by atomic mass is 35.5. The Balaban J connectivity index is 1.98. The standard InChI is InChI=1S/C21H17ClN2O4S/c1-10(23-21(26)27)11-3-5-12(6-4-11)16-15(28-2)9-14(22)18-17(16)13-7-8-29-19(13)20(25)24-18/h3-10,23H,1-2H3,(H,24,25)(H,26,27). The molecule has 4 rings (SSSR count). The van der Waals surface area contributed by atoms with Gasteiger partial charge in [-0.2, -0.15) is 0 Å². The molecule has 0 spiro atoms. The van der Waals surface area contributed by atoms with Crippen molar-refractivity contribution in [3.63, 3.8) is 0 Å². The third kappa shape index (κ3) is 3.32. The topological polar surface area (TPSA) is 91.4 Å². The molecule has 0 aliphatic carbocycles. The number of aromatic nitrogens is 1. The highest BCUT2D eigenvalue weighted by molar-refractivity contribution is 7.17. The Morgan fingerprint density at radius 2 is 2.00 bits per heavy atom. The minimum atomic E-state index is -1.07. The van der Waals surface area contributed by atoms with Gasteiger partial charge in [-0.25, -0.2) is 4.79 Å². The van der Waals surface area contributed by atoms with Crippen LogP contribution in [0.4, 0.5) is 4.79 Å². The maximum Gasteiger partial charge on any atom is 0.405 e. The van der Waals surface area contributed by atoms with Crippen LogP contribution in [0.5, 0.6) is 5.75 Å². The number of benzene rings is 2. The maximum absolute atomic E-state index is 12.4. The van der Waals surface area contributed by atoms with Gasteiger partial charge in [-0.15, -0.1) is 11.3 Å². The van der Waals surface area contributed by atoms with Gasteiger partial charge in [-0.1, -0.05) is 35.9 Å². The molecule has 4 aromatic rings. The fourth-order valence-corrected chi connectivity index (χ4v) is 4.56. The highest BCUT2D eigenvalue weighted by Crippen LogP contribution is 2.43. The molecule has 0 radical (unpaired) electrons. The first-order chi connectivity index (χ1) is 13.9. The zero-order chi connectivity index (χ0) is 20.7. The zero-order valence-corrected chi connectivity index (χ0v) is 17.1. The fourth-order valence-electron chi connectivity index (χ4n) is 3.53. The largest absolute Gasteiger partial charge is 0.496 e. The number of nitrogens with one attached hydrogen (secondary N) is 2. The summed E-state index contributed by atoms with van der Waals surface area (Å²) >= 11 is 7.82. The number of carboxylic acid groups (broad SMARTS) is 1. The number of hydrogen-bond donors (Lipinski definition) is 3. The van der Waals surface area contributed by atoms with Crippen molar-refractivity contribution in [2.75, 3.05) is 7.11 Å². The van der Waals surface area contributed by atoms with Gasteiger partial charge in [0.1, 0.15) is 10.4 Å². The Morgan fingerprint density at radius 3 is 2.66 bits per heavy atom. The first-order valence-electron chi connectivity index (χ1n) is 8.80. The van der Waals surface area contributed by atoms with E-state index in [1.807, 2.05) is 35.7 Å². The highest BCUT2D eigenvalue weighted by Gasteiger charge is 2.19. The molecule has 0 fully saturated rings. The van der Waals surface area contributed by atoms with Gasteiger partial charge in [-0.05, 0) is 29.5 Å². The number of halogens is 1. The Hall–Kier alpha value is -3.03. The van der Waals surface area contributed by atoms with Crippen LogP contribution in [-0.2, 0) is 0 Å². The number of rotatable bonds is 4. The van der Waals surface area contributed by atoms with E-state index in [1.165, 1.54) is 11.3 Å². The van der Waals surface area contributed by atoms with E-state index in [0.29, 0.717) is 21.0 Å². The van der Waals surface area contributed by atoms with E-state index in [2.05, 4.69) is 10.3 Å². The molecule has 0 bridgehead atoms. The van der Waals surface area contributed by atoms with E-state index in [1.54, 1.807) is 20.1 Å². The summed E-state index contributed by atoms with van der Waals surface area (Å²) in [4.78, 5) is 26.2. The monoisotopic (exact) mass is 428 g/mol. The second-order valence-electron chi connectivity index (χ2n) is 6.60. The summed E-state index contributed by atoms with van der Waals surface area (Å²) in [6, 6.07) is 10.8. The Labute approximate surface area is 174 Å². The molecule has 2 aromatic carbocycles. The summed E-state index contributed by atoms with van der Waals surface area (Å²) in [6.07, 6.45) is -1.07. The summed E-state index contributed by atoms with van der Waals surface area (Å²) in [7, 11) is 1.57. The van der Waals surface area contributed by atoms with Crippen molar-refractivity contribution in [1.82, 2.24) is 10.3 Å². The number of carbonyl (C=O) groups is 1. The predicted molar refractivity (Wildman–Crippen MR) is 117 cm³/mol. The number of fused-ring (bicyclic) bond motifs is 3. The van der Waals surface area contributed by atoms with Crippen LogP contribution in [0.2, 0.25) is 5.02 Å². The molecule has 0 aliphatic heterocycles. The van der Waals surface area contributed by atoms with Crippen molar-refractivity contribution >= 4 is 50.0 Å². The second-order valence-corrected chi connectivity index (χ2v) is 7.92. The lowest BCUT2D eigenvalue weighted by Gasteiger charge is -2.16. The molecule has 0 saturated heterocycles. The van der Waals surface area contributed by atoms with Gasteiger partial charge in [0.25, 0.3) is 5.56 Å². The van der Waals surface area contributed by atoms with E-state index in [9.17, 15) is 9.59 Å². The summed E-state index contributed by atoms with van der Waals surface area (Å²) in [5.74, 6) is 0.589. The molecule has 148 valence electrons. The molecule has 2 heterocycles. The molecule has 3 N–H and O–H groups in total. The van der Waals surface area contributed by atoms with Crippen molar-refractivity contribution in [2.45, 2.75) is 13.0 Å². The number of aromatic amines is 1. The number of pyridine rings is 1. The first-order valence-corrected chi connectivity index (χ1v) is 10.1. The third-order valence-corrected chi connectivity index (χ3v) is 6.09. The summed E-state index contributed by atoms with van der Waals surface area (Å²) in [5, 5.41) is 15.3. The fraction of sp³-hybridized carbons (Fsp3) is 0.143. The van der Waals surface area contributed by atoms with E-state index in [-0.39, 0.29) is 11.6 Å². The molecule has 1 atom stereocenters. The zero-order valence-electron chi connectivity index (χ0n) is 15.6. The molecule has 29 heavy (non-hydrogen) atoms. The van der Waals surface area contributed by atoms with E-state index < -0.39 is 6.09 Å². The number of thiophene rings is 1. The summed E-state index contributed by atoms with van der Waals surface area (Å²) in [5.41, 5.74) is 2.90. The van der Waals surface area contributed by atoms with Gasteiger partial charge in [-0.3, -0.25) is 4.79 Å². The SMILES string of the molecule is COc1cc(Cl)c2[nH]c(=O)c3sccc3c2c1-c1ccc(C(C)NC(=O)O)cc1. The predicted octanol–water partition coefficient (Wildman–Crippen LogP) is 5.40. The van der Waals surface area contributed by atoms with Gasteiger partial charge >= 0.3 is 6.09 Å². The van der Waals surface area contributed by atoms with Gasteiger partial charge in [0.15, 0.2) is 0 Å². The number of H-pyrrole nitrogens is 1. The van der Waals surface area contributed by atoms with Crippen molar-refractivity contribution < 1.29 is 14.6 Å². The van der Waals surface area contributed by atoms with E-state index in [0.717, 1.165) is 27.5 Å². The van der Waals surface area contributed by atoms with Crippen LogP contribution >= 0.6 is 22.9 Å². The Kier molecular flexibility index (Phi) is 4.94. The lowest BCUT2D eigenvalue weighted by atomic mass is 9.95. The lowest BCUT2D eigenvalue weighted by molar-refractivity contribution is 0.191. The average Bonchev–Trinajstić information content (AvgIpc) is 3.19. The van der Waals surface area contributed by atoms with Crippen molar-refractivity contribution in [3.8, 4) is 16.9 Å². The van der Waals surface area contributed by atoms with Gasteiger partial charge < -0.3 is 20.1 Å². The Bertz CT molecular complexity index is 1290. The van der Waals surface area contributed by atoms with Crippen molar-refractivity contribution in [1.29, 1.82) is 0 Å². The molecule has 1 amide bonds. The van der Waals surface area contributed by atoms with Crippen LogP contribution in [0.15, 0.2) is 46.6 Å². The van der Waals surface area contributed by atoms with Crippen LogP contribution in [0.3, 0.4) is 0 Å². The lowest BCUT2D eigenvalue weighted by Crippen LogP contribution is -2.24. The van der Waals surface area contributed by atoms with E-state index in [4.69, 9.17) is 21.4 Å². The quantitative estimate of drug-likeness (QED) is 0.405. The van der Waals surface area contributed by atoms with Crippen molar-refractivity contribution in [2.24, 2.45) is 0 Å². The number of hydrogen-bond acceptors (Lipinski definition) is 4. The number of amides is 1. The van der Waals surface area contributed by atoms with Gasteiger partial charge in [0, 0.05) is 22.4 Å². The third-order valence-electron chi connectivity index (χ3n) is 4.88. The summed E-state index contributed by atoms with van der Waals surface area (Å²) in [6.45, 7) is 1.78. The molecule has 8 heteroatoms. The van der Waals surface area contributed by atoms with Crippen LogP contribution in [-0.4, -0.2) is 23.3 Å². The van der Waals surface area contributed by atoms with E-state index >= 15 is 0 Å². The molecule has 0 aliphatic rings. The number of methoxy groups -OCH3 is 1. The smallest absolute Gasteiger partial charge is 0.405 e. The molecular formula is C21H17ClN2O4S. The van der Waals surface area contributed by atoms with Crippen LogP contribution < -0.4 is 15.6 Å². The molecule has 0 saturated carbocycles. The summed E-state index contributed by atoms with van der Waals surface area (Å²) < 4.78 is 6.24. The van der Waals surface area contributed by atoms with Gasteiger partial charge in [0.2, 0.25) is 0 Å². The second kappa shape index (κ2) is 7.42. The maximum atomic E-state index is 12.4. The van der Waals surface area contributed by atoms with Crippen LogP contribution in [0, 0.1) is 0 Å². The molecule has 6 nitrogen and oxygen atoms in total.